The van der Waals surface area contributed by atoms with Crippen LogP contribution >= 0.6 is 0 Å². The molecule has 2 rings (SSSR count). The molecular formula is C17H23NO3. The van der Waals surface area contributed by atoms with Gasteiger partial charge < -0.3 is 9.90 Å². The lowest BCUT2D eigenvalue weighted by molar-refractivity contribution is -0.143. The summed E-state index contributed by atoms with van der Waals surface area (Å²) in [6, 6.07) is 9.41. The quantitative estimate of drug-likeness (QED) is 0.817. The predicted octanol–water partition coefficient (Wildman–Crippen LogP) is 2.40. The summed E-state index contributed by atoms with van der Waals surface area (Å²) in [4.78, 5) is 24.9. The van der Waals surface area contributed by atoms with Gasteiger partial charge in [-0.2, -0.15) is 0 Å². The van der Waals surface area contributed by atoms with Gasteiger partial charge in [-0.25, -0.2) is 0 Å². The molecule has 21 heavy (non-hydrogen) atoms. The molecule has 1 aromatic rings. The van der Waals surface area contributed by atoms with Crippen LogP contribution in [0.4, 0.5) is 0 Å². The van der Waals surface area contributed by atoms with Crippen molar-refractivity contribution in [3.05, 3.63) is 35.9 Å². The van der Waals surface area contributed by atoms with Crippen molar-refractivity contribution in [3.63, 3.8) is 0 Å². The molecule has 1 N–H and O–H groups in total. The normalized spacial score (nSPS) is 24.1. The second kappa shape index (κ2) is 6.85. The van der Waals surface area contributed by atoms with Crippen LogP contribution in [0.5, 0.6) is 0 Å². The highest BCUT2D eigenvalue weighted by atomic mass is 16.4. The number of carboxylic acid groups (broad SMARTS) is 1. The molecule has 0 spiro atoms. The van der Waals surface area contributed by atoms with E-state index in [1.165, 1.54) is 0 Å². The Morgan fingerprint density at radius 1 is 1.33 bits per heavy atom. The van der Waals surface area contributed by atoms with E-state index in [0.29, 0.717) is 25.4 Å². The van der Waals surface area contributed by atoms with E-state index < -0.39 is 12.0 Å². The highest BCUT2D eigenvalue weighted by Crippen LogP contribution is 2.33. The molecule has 1 aliphatic rings. The van der Waals surface area contributed by atoms with E-state index in [1.807, 2.05) is 49.1 Å². The first-order valence-electron chi connectivity index (χ1n) is 7.50. The smallest absolute Gasteiger partial charge is 0.320 e. The van der Waals surface area contributed by atoms with Gasteiger partial charge in [-0.15, -0.1) is 0 Å². The average Bonchev–Trinajstić information content (AvgIpc) is 2.89. The van der Waals surface area contributed by atoms with Crippen molar-refractivity contribution >= 4 is 12.3 Å². The first-order chi connectivity index (χ1) is 10.0. The fraction of sp³-hybridized carbons (Fsp3) is 0.529. The van der Waals surface area contributed by atoms with Crippen LogP contribution < -0.4 is 0 Å². The van der Waals surface area contributed by atoms with Crippen LogP contribution in [0.2, 0.25) is 0 Å². The molecule has 1 aliphatic heterocycles. The van der Waals surface area contributed by atoms with Crippen LogP contribution in [0.15, 0.2) is 30.3 Å². The second-order valence-electron chi connectivity index (χ2n) is 6.25. The lowest BCUT2D eigenvalue weighted by Gasteiger charge is -2.25. The Kier molecular flexibility index (Phi) is 5.12. The number of carboxylic acids is 1. The van der Waals surface area contributed by atoms with Gasteiger partial charge in [0.15, 0.2) is 0 Å². The summed E-state index contributed by atoms with van der Waals surface area (Å²) in [5.41, 5.74) is 1.12. The Bertz CT molecular complexity index is 486. The molecular weight excluding hydrogens is 266 g/mol. The number of hydrogen-bond acceptors (Lipinski definition) is 3. The second-order valence-corrected chi connectivity index (χ2v) is 6.25. The van der Waals surface area contributed by atoms with Crippen LogP contribution in [0, 0.1) is 11.8 Å². The third-order valence-electron chi connectivity index (χ3n) is 4.22. The van der Waals surface area contributed by atoms with Gasteiger partial charge in [0, 0.05) is 24.9 Å². The monoisotopic (exact) mass is 289 g/mol. The summed E-state index contributed by atoms with van der Waals surface area (Å²) < 4.78 is 0. The van der Waals surface area contributed by atoms with Gasteiger partial charge in [-0.3, -0.25) is 9.69 Å². The van der Waals surface area contributed by atoms with Crippen LogP contribution in [0.25, 0.3) is 0 Å². The van der Waals surface area contributed by atoms with Crippen LogP contribution in [-0.4, -0.2) is 41.4 Å². The molecule has 0 saturated carbocycles. The first-order valence-corrected chi connectivity index (χ1v) is 7.50. The first kappa shape index (κ1) is 15.7. The zero-order chi connectivity index (χ0) is 15.4. The summed E-state index contributed by atoms with van der Waals surface area (Å²) in [5, 5.41) is 9.47. The van der Waals surface area contributed by atoms with Crippen molar-refractivity contribution in [2.75, 3.05) is 13.1 Å². The van der Waals surface area contributed by atoms with E-state index in [2.05, 4.69) is 0 Å². The highest BCUT2D eigenvalue weighted by molar-refractivity contribution is 5.73. The number of aliphatic carboxylic acids is 1. The molecule has 1 saturated heterocycles. The van der Waals surface area contributed by atoms with E-state index in [0.717, 1.165) is 11.8 Å². The van der Waals surface area contributed by atoms with Crippen molar-refractivity contribution < 1.29 is 14.7 Å². The van der Waals surface area contributed by atoms with Gasteiger partial charge in [-0.05, 0) is 17.9 Å². The van der Waals surface area contributed by atoms with Gasteiger partial charge in [0.25, 0.3) is 0 Å². The lowest BCUT2D eigenvalue weighted by atomic mass is 9.90. The predicted molar refractivity (Wildman–Crippen MR) is 81.2 cm³/mol. The Labute approximate surface area is 125 Å². The standard InChI is InChI=1S/C17H23NO3/c1-12(2)8-16(17(20)21)18-9-14(11-19)15(10-18)13-6-4-3-5-7-13/h3-7,11-12,14-16H,8-10H2,1-2H3,(H,20,21)/t14-,15-,16-/m1/s1. The van der Waals surface area contributed by atoms with E-state index in [1.54, 1.807) is 0 Å². The molecule has 0 radical (unpaired) electrons. The van der Waals surface area contributed by atoms with Gasteiger partial charge in [0.05, 0.1) is 0 Å². The Hall–Kier alpha value is -1.68. The number of likely N-dealkylation sites (tertiary alicyclic amines) is 1. The summed E-state index contributed by atoms with van der Waals surface area (Å²) in [6.45, 7) is 5.22. The van der Waals surface area contributed by atoms with Gasteiger partial charge >= 0.3 is 5.97 Å². The number of aldehydes is 1. The molecule has 4 heteroatoms. The van der Waals surface area contributed by atoms with Crippen molar-refractivity contribution in [1.29, 1.82) is 0 Å². The lowest BCUT2D eigenvalue weighted by Crippen LogP contribution is -2.41. The molecule has 0 unspecified atom stereocenters. The third kappa shape index (κ3) is 3.70. The minimum Gasteiger partial charge on any atom is -0.480 e. The largest absolute Gasteiger partial charge is 0.480 e. The van der Waals surface area contributed by atoms with Gasteiger partial charge in [0.1, 0.15) is 12.3 Å². The Balaban J connectivity index is 2.17. The zero-order valence-electron chi connectivity index (χ0n) is 12.6. The number of hydrogen-bond donors (Lipinski definition) is 1. The molecule has 3 atom stereocenters. The minimum absolute atomic E-state index is 0.0951. The number of nitrogens with zero attached hydrogens (tertiary/aromatic N) is 1. The molecule has 1 fully saturated rings. The van der Waals surface area contributed by atoms with Crippen LogP contribution in [0.1, 0.15) is 31.7 Å². The molecule has 1 aromatic carbocycles. The number of carbonyl (C=O) groups excluding carboxylic acids is 1. The highest BCUT2D eigenvalue weighted by Gasteiger charge is 2.39. The van der Waals surface area contributed by atoms with Crippen molar-refractivity contribution in [1.82, 2.24) is 4.90 Å². The number of benzene rings is 1. The topological polar surface area (TPSA) is 57.6 Å². The molecule has 4 nitrogen and oxygen atoms in total. The van der Waals surface area contributed by atoms with E-state index >= 15 is 0 Å². The Morgan fingerprint density at radius 2 is 2.00 bits per heavy atom. The average molecular weight is 289 g/mol. The fourth-order valence-corrected chi connectivity index (χ4v) is 3.16. The molecule has 0 aromatic heterocycles. The van der Waals surface area contributed by atoms with Crippen LogP contribution in [0.3, 0.4) is 0 Å². The van der Waals surface area contributed by atoms with Crippen molar-refractivity contribution in [2.45, 2.75) is 32.2 Å². The van der Waals surface area contributed by atoms with Gasteiger partial charge in [0.2, 0.25) is 0 Å². The maximum Gasteiger partial charge on any atom is 0.320 e. The zero-order valence-corrected chi connectivity index (χ0v) is 12.6. The van der Waals surface area contributed by atoms with Crippen LogP contribution in [-0.2, 0) is 9.59 Å². The SMILES string of the molecule is CC(C)C[C@H](C(=O)O)N1C[C@H](c2ccccc2)[C@@H](C=O)C1. The minimum atomic E-state index is -0.790. The van der Waals surface area contributed by atoms with Crippen molar-refractivity contribution in [2.24, 2.45) is 11.8 Å². The number of carbonyl (C=O) groups is 2. The van der Waals surface area contributed by atoms with E-state index in [-0.39, 0.29) is 11.8 Å². The molecule has 114 valence electrons. The van der Waals surface area contributed by atoms with E-state index in [4.69, 9.17) is 0 Å². The number of rotatable bonds is 6. The van der Waals surface area contributed by atoms with Crippen molar-refractivity contribution in [3.8, 4) is 0 Å². The summed E-state index contributed by atoms with van der Waals surface area (Å²) in [6.07, 6.45) is 1.59. The molecule has 0 aliphatic carbocycles. The molecule has 0 bridgehead atoms. The van der Waals surface area contributed by atoms with E-state index in [9.17, 15) is 14.7 Å². The summed E-state index contributed by atoms with van der Waals surface area (Å²) in [7, 11) is 0. The summed E-state index contributed by atoms with van der Waals surface area (Å²) >= 11 is 0. The maximum atomic E-state index is 11.5. The maximum absolute atomic E-state index is 11.5. The fourth-order valence-electron chi connectivity index (χ4n) is 3.16. The summed E-state index contributed by atoms with van der Waals surface area (Å²) in [5.74, 6) is -0.502. The molecule has 0 amide bonds. The third-order valence-corrected chi connectivity index (χ3v) is 4.22. The molecule has 1 heterocycles. The van der Waals surface area contributed by atoms with Gasteiger partial charge in [-0.1, -0.05) is 44.2 Å². The Morgan fingerprint density at radius 3 is 2.52 bits per heavy atom.